The summed E-state index contributed by atoms with van der Waals surface area (Å²) in [6, 6.07) is 16.9. The van der Waals surface area contributed by atoms with Gasteiger partial charge in [0.25, 0.3) is 0 Å². The number of aromatic carboxylic acids is 1. The van der Waals surface area contributed by atoms with Gasteiger partial charge in [0.1, 0.15) is 5.75 Å². The number of alkyl halides is 6. The first-order valence-electron chi connectivity index (χ1n) is 14.2. The van der Waals surface area contributed by atoms with Gasteiger partial charge in [-0.2, -0.15) is 26.3 Å². The monoisotopic (exact) mass is 641 g/mol. The first kappa shape index (κ1) is 32.6. The Morgan fingerprint density at radius 3 is 2.17 bits per heavy atom. The van der Waals surface area contributed by atoms with E-state index in [4.69, 9.17) is 9.57 Å². The molecule has 1 N–H and O–H groups in total. The summed E-state index contributed by atoms with van der Waals surface area (Å²) in [6.07, 6.45) is -10.1. The number of carboxylic acid groups (broad SMARTS) is 1. The van der Waals surface area contributed by atoms with E-state index >= 15 is 0 Å². The quantitative estimate of drug-likeness (QED) is 0.204. The van der Waals surface area contributed by atoms with Crippen molar-refractivity contribution in [1.29, 1.82) is 0 Å². The van der Waals surface area contributed by atoms with E-state index in [1.807, 2.05) is 0 Å². The third-order valence-electron chi connectivity index (χ3n) is 8.10. The Kier molecular flexibility index (Phi) is 8.63. The smallest absolute Gasteiger partial charge is 0.416 e. The average molecular weight is 642 g/mol. The standard InChI is InChI=1S/C35H29F6NO4/c1-18-11-24(15-26(12-18)35(39,40)41)32-20(3)30(42-46-32)17-23-14-25(34(36,37)38)7-9-28(23)29-16-21(6-10-31(29)45-4)27-8-5-22(33(43)44)13-19(27)2/h5-16,20,32H,17H2,1-4H3,(H,43,44)/t20-,32+/m1/s1. The molecule has 0 fully saturated rings. The Balaban J connectivity index is 1.56. The van der Waals surface area contributed by atoms with Gasteiger partial charge in [-0.1, -0.05) is 41.9 Å². The molecule has 4 aromatic rings. The molecule has 5 rings (SSSR count). The minimum absolute atomic E-state index is 0.0748. The number of methoxy groups -OCH3 is 1. The molecule has 0 spiro atoms. The van der Waals surface area contributed by atoms with Crippen LogP contribution in [0.4, 0.5) is 26.3 Å². The summed E-state index contributed by atoms with van der Waals surface area (Å²) in [5.74, 6) is -1.23. The molecule has 240 valence electrons. The van der Waals surface area contributed by atoms with Crippen LogP contribution >= 0.6 is 0 Å². The van der Waals surface area contributed by atoms with Gasteiger partial charge >= 0.3 is 18.3 Å². The van der Waals surface area contributed by atoms with Crippen LogP contribution in [-0.4, -0.2) is 23.9 Å². The van der Waals surface area contributed by atoms with Crippen LogP contribution in [0.15, 0.2) is 78.0 Å². The Bertz CT molecular complexity index is 1840. The maximum absolute atomic E-state index is 13.9. The topological polar surface area (TPSA) is 68.1 Å². The fraction of sp³-hybridized carbons (Fsp3) is 0.257. The van der Waals surface area contributed by atoms with E-state index in [1.54, 1.807) is 51.1 Å². The van der Waals surface area contributed by atoms with Crippen LogP contribution < -0.4 is 4.74 Å². The second-order valence-corrected chi connectivity index (χ2v) is 11.3. The predicted molar refractivity (Wildman–Crippen MR) is 161 cm³/mol. The number of rotatable bonds is 7. The molecule has 0 aromatic heterocycles. The van der Waals surface area contributed by atoms with Crippen LogP contribution in [0.1, 0.15) is 56.8 Å². The number of ether oxygens (including phenoxy) is 1. The lowest BCUT2D eigenvalue weighted by Gasteiger charge is -2.20. The average Bonchev–Trinajstić information content (AvgIpc) is 3.35. The molecule has 2 atom stereocenters. The summed E-state index contributed by atoms with van der Waals surface area (Å²) in [6.45, 7) is 5.01. The highest BCUT2D eigenvalue weighted by molar-refractivity contribution is 5.92. The minimum Gasteiger partial charge on any atom is -0.496 e. The van der Waals surface area contributed by atoms with Gasteiger partial charge in [-0.3, -0.25) is 0 Å². The van der Waals surface area contributed by atoms with Gasteiger partial charge in [0.05, 0.1) is 29.5 Å². The summed E-state index contributed by atoms with van der Waals surface area (Å²) in [5.41, 5.74) is 2.71. The number of hydrogen-bond acceptors (Lipinski definition) is 4. The maximum Gasteiger partial charge on any atom is 0.416 e. The van der Waals surface area contributed by atoms with Gasteiger partial charge in [0.2, 0.25) is 0 Å². The van der Waals surface area contributed by atoms with E-state index in [0.29, 0.717) is 39.3 Å². The van der Waals surface area contributed by atoms with Crippen LogP contribution in [0.5, 0.6) is 5.75 Å². The highest BCUT2D eigenvalue weighted by Gasteiger charge is 2.37. The van der Waals surface area contributed by atoms with Crippen molar-refractivity contribution in [1.82, 2.24) is 0 Å². The van der Waals surface area contributed by atoms with Crippen molar-refractivity contribution in [3.05, 3.63) is 112 Å². The predicted octanol–water partition coefficient (Wildman–Crippen LogP) is 9.69. The molecule has 5 nitrogen and oxygen atoms in total. The fourth-order valence-corrected chi connectivity index (χ4v) is 5.74. The lowest BCUT2D eigenvalue weighted by molar-refractivity contribution is -0.138. The summed E-state index contributed by atoms with van der Waals surface area (Å²) >= 11 is 0. The normalized spacial score (nSPS) is 16.6. The lowest BCUT2D eigenvalue weighted by atomic mass is 9.86. The highest BCUT2D eigenvalue weighted by Crippen LogP contribution is 2.42. The van der Waals surface area contributed by atoms with Crippen LogP contribution in [0.25, 0.3) is 22.3 Å². The molecule has 0 saturated carbocycles. The fourth-order valence-electron chi connectivity index (χ4n) is 5.74. The van der Waals surface area contributed by atoms with Crippen LogP contribution in [0, 0.1) is 19.8 Å². The molecule has 11 heteroatoms. The Labute approximate surface area is 261 Å². The number of oxime groups is 1. The van der Waals surface area contributed by atoms with E-state index in [1.165, 1.54) is 25.3 Å². The zero-order chi connectivity index (χ0) is 33.6. The largest absolute Gasteiger partial charge is 0.496 e. The zero-order valence-corrected chi connectivity index (χ0v) is 25.2. The number of carboxylic acids is 1. The number of hydrogen-bond donors (Lipinski definition) is 1. The Morgan fingerprint density at radius 1 is 0.848 bits per heavy atom. The number of nitrogens with zero attached hydrogens (tertiary/aromatic N) is 1. The molecule has 46 heavy (non-hydrogen) atoms. The van der Waals surface area contributed by atoms with Crippen LogP contribution in [-0.2, 0) is 23.6 Å². The van der Waals surface area contributed by atoms with Crippen molar-refractivity contribution in [2.24, 2.45) is 11.1 Å². The van der Waals surface area contributed by atoms with Crippen molar-refractivity contribution < 1.29 is 45.8 Å². The highest BCUT2D eigenvalue weighted by atomic mass is 19.4. The summed E-state index contributed by atoms with van der Waals surface area (Å²) in [5, 5.41) is 13.5. The zero-order valence-electron chi connectivity index (χ0n) is 25.2. The molecule has 0 unspecified atom stereocenters. The third kappa shape index (κ3) is 6.59. The van der Waals surface area contributed by atoms with Crippen molar-refractivity contribution in [3.63, 3.8) is 0 Å². The maximum atomic E-state index is 13.9. The van der Waals surface area contributed by atoms with Gasteiger partial charge < -0.3 is 14.7 Å². The van der Waals surface area contributed by atoms with E-state index in [0.717, 1.165) is 29.8 Å². The molecule has 0 radical (unpaired) electrons. The molecule has 1 aliphatic rings. The molecular weight excluding hydrogens is 612 g/mol. The lowest BCUT2D eigenvalue weighted by Crippen LogP contribution is -2.17. The van der Waals surface area contributed by atoms with E-state index in [2.05, 4.69) is 5.16 Å². The third-order valence-corrected chi connectivity index (χ3v) is 8.10. The van der Waals surface area contributed by atoms with Crippen LogP contribution in [0.2, 0.25) is 0 Å². The van der Waals surface area contributed by atoms with E-state index in [9.17, 15) is 36.2 Å². The Morgan fingerprint density at radius 2 is 1.54 bits per heavy atom. The first-order chi connectivity index (χ1) is 21.6. The number of carbonyl (C=O) groups is 1. The van der Waals surface area contributed by atoms with Gasteiger partial charge in [-0.05, 0) is 95.8 Å². The van der Waals surface area contributed by atoms with Gasteiger partial charge in [0.15, 0.2) is 6.10 Å². The van der Waals surface area contributed by atoms with Crippen molar-refractivity contribution in [3.8, 4) is 28.0 Å². The molecule has 1 heterocycles. The molecule has 4 aromatic carbocycles. The Hall–Kier alpha value is -4.80. The second kappa shape index (κ2) is 12.2. The molecule has 0 aliphatic carbocycles. The number of aryl methyl sites for hydroxylation is 2. The van der Waals surface area contributed by atoms with Gasteiger partial charge in [-0.15, -0.1) is 0 Å². The summed E-state index contributed by atoms with van der Waals surface area (Å²) in [7, 11) is 1.44. The number of benzene rings is 4. The first-order valence-corrected chi connectivity index (χ1v) is 14.2. The summed E-state index contributed by atoms with van der Waals surface area (Å²) in [4.78, 5) is 17.0. The molecule has 0 saturated heterocycles. The molecular formula is C35H29F6NO4. The molecule has 1 aliphatic heterocycles. The van der Waals surface area contributed by atoms with Crippen molar-refractivity contribution in [2.75, 3.05) is 7.11 Å². The molecule has 0 bridgehead atoms. The second-order valence-electron chi connectivity index (χ2n) is 11.3. The minimum atomic E-state index is -4.64. The SMILES string of the molecule is COc1ccc(-c2ccc(C(=O)O)cc2C)cc1-c1ccc(C(F)(F)F)cc1CC1=NO[C@H](c2cc(C)cc(C(F)(F)F)c2)[C@@H]1C. The summed E-state index contributed by atoms with van der Waals surface area (Å²) < 4.78 is 87.8. The van der Waals surface area contributed by atoms with E-state index in [-0.39, 0.29) is 23.1 Å². The molecule has 0 amide bonds. The van der Waals surface area contributed by atoms with Crippen molar-refractivity contribution in [2.45, 2.75) is 45.6 Å². The van der Waals surface area contributed by atoms with Crippen molar-refractivity contribution >= 4 is 11.7 Å². The number of halogens is 6. The van der Waals surface area contributed by atoms with Gasteiger partial charge in [-0.25, -0.2) is 4.79 Å². The van der Waals surface area contributed by atoms with Gasteiger partial charge in [0, 0.05) is 17.9 Å². The van der Waals surface area contributed by atoms with E-state index < -0.39 is 41.5 Å². The van der Waals surface area contributed by atoms with Crippen LogP contribution in [0.3, 0.4) is 0 Å².